The Balaban J connectivity index is 1.67. The Morgan fingerprint density at radius 3 is 2.37 bits per heavy atom. The number of amides is 3. The number of likely N-dealkylation sites (N-methyl/N-ethyl adjacent to an activating group) is 1. The summed E-state index contributed by atoms with van der Waals surface area (Å²) in [6, 6.07) is 8.55. The van der Waals surface area contributed by atoms with Gasteiger partial charge in [0, 0.05) is 51.3 Å². The van der Waals surface area contributed by atoms with Gasteiger partial charge in [0.2, 0.25) is 17.6 Å². The Labute approximate surface area is 251 Å². The van der Waals surface area contributed by atoms with E-state index in [2.05, 4.69) is 15.6 Å². The number of ether oxygens (including phenoxy) is 1. The fourth-order valence-corrected chi connectivity index (χ4v) is 5.43. The zero-order valence-electron chi connectivity index (χ0n) is 25.6. The molecule has 0 radical (unpaired) electrons. The molecule has 11 nitrogen and oxygen atoms in total. The van der Waals surface area contributed by atoms with Crippen LogP contribution in [0.3, 0.4) is 0 Å². The molecule has 0 aliphatic heterocycles. The Hall–Kier alpha value is -4.09. The lowest BCUT2D eigenvalue weighted by Crippen LogP contribution is -2.35. The smallest absolute Gasteiger partial charge is 0.294 e. The Morgan fingerprint density at radius 2 is 1.74 bits per heavy atom. The molecule has 2 N–H and O–H groups in total. The first-order chi connectivity index (χ1) is 20.6. The lowest BCUT2D eigenvalue weighted by Gasteiger charge is -2.28. The van der Waals surface area contributed by atoms with Crippen molar-refractivity contribution in [3.63, 3.8) is 0 Å². The summed E-state index contributed by atoms with van der Waals surface area (Å²) in [6.45, 7) is 5.71. The quantitative estimate of drug-likeness (QED) is 0.297. The van der Waals surface area contributed by atoms with Crippen molar-refractivity contribution in [2.24, 2.45) is 11.8 Å². The minimum atomic E-state index is -0.600. The topological polar surface area (TPSA) is 134 Å². The van der Waals surface area contributed by atoms with Gasteiger partial charge in [0.1, 0.15) is 17.1 Å². The van der Waals surface area contributed by atoms with Crippen molar-refractivity contribution in [3.05, 3.63) is 53.4 Å². The van der Waals surface area contributed by atoms with Crippen LogP contribution in [-0.2, 0) is 14.3 Å². The third-order valence-electron chi connectivity index (χ3n) is 7.94. The summed E-state index contributed by atoms with van der Waals surface area (Å²) in [4.78, 5) is 61.0. The third-order valence-corrected chi connectivity index (χ3v) is 7.94. The van der Waals surface area contributed by atoms with Crippen LogP contribution >= 0.6 is 0 Å². The summed E-state index contributed by atoms with van der Waals surface area (Å²) in [6.07, 6.45) is 3.92. The van der Waals surface area contributed by atoms with E-state index in [-0.39, 0.29) is 47.4 Å². The molecule has 1 fully saturated rings. The number of carbonyl (C=O) groups excluding carboxylic acids is 4. The number of pyridine rings is 1. The molecule has 1 aromatic carbocycles. The molecule has 0 saturated heterocycles. The molecule has 3 aromatic rings. The Morgan fingerprint density at radius 1 is 1.02 bits per heavy atom. The second-order valence-electron chi connectivity index (χ2n) is 11.2. The van der Waals surface area contributed by atoms with Crippen molar-refractivity contribution >= 4 is 46.0 Å². The van der Waals surface area contributed by atoms with Gasteiger partial charge in [-0.1, -0.05) is 25.1 Å². The molecule has 0 atom stereocenters. The maximum Gasteiger partial charge on any atom is 0.294 e. The van der Waals surface area contributed by atoms with Crippen LogP contribution in [-0.4, -0.2) is 85.7 Å². The standard InChI is InChI=1S/C32H41N5O6/c1-6-37(16-17-42-5)19-24(38)23-8-7-9-25-27(23)28(29(43-25)31(40)34-26-15-10-20(2)18-33-26)35-30(39)21-11-13-22(14-12-21)32(41)36(3)4/h7-10,15,18,21-22H,6,11-14,16-17,19H2,1-5H3,(H,35,39)(H,33,34,40). The number of furan rings is 1. The molecule has 0 spiro atoms. The van der Waals surface area contributed by atoms with Crippen LogP contribution in [0.4, 0.5) is 11.5 Å². The van der Waals surface area contributed by atoms with Gasteiger partial charge in [-0.25, -0.2) is 4.98 Å². The van der Waals surface area contributed by atoms with E-state index in [1.54, 1.807) is 56.6 Å². The second kappa shape index (κ2) is 14.4. The van der Waals surface area contributed by atoms with Gasteiger partial charge < -0.3 is 24.7 Å². The molecule has 1 aliphatic carbocycles. The lowest BCUT2D eigenvalue weighted by molar-refractivity contribution is -0.135. The molecule has 0 unspecified atom stereocenters. The molecule has 3 amide bonds. The number of methoxy groups -OCH3 is 1. The first kappa shape index (κ1) is 31.8. The fraction of sp³-hybridized carbons (Fsp3) is 0.469. The number of fused-ring (bicyclic) bond motifs is 1. The Kier molecular flexibility index (Phi) is 10.7. The van der Waals surface area contributed by atoms with Gasteiger partial charge in [-0.05, 0) is 56.8 Å². The minimum absolute atomic E-state index is 0.0677. The van der Waals surface area contributed by atoms with E-state index >= 15 is 0 Å². The molecule has 2 heterocycles. The Bertz CT molecular complexity index is 1460. The molecule has 4 rings (SSSR count). The number of Topliss-reactive ketones (excluding diaryl/α,β-unsaturated/α-hetero) is 1. The summed E-state index contributed by atoms with van der Waals surface area (Å²) in [5, 5.41) is 6.06. The first-order valence-corrected chi connectivity index (χ1v) is 14.7. The van der Waals surface area contributed by atoms with Crippen molar-refractivity contribution in [1.82, 2.24) is 14.8 Å². The summed E-state index contributed by atoms with van der Waals surface area (Å²) in [7, 11) is 5.09. The van der Waals surface area contributed by atoms with Gasteiger partial charge in [-0.3, -0.25) is 24.1 Å². The number of aryl methyl sites for hydroxylation is 1. The van der Waals surface area contributed by atoms with E-state index in [1.807, 2.05) is 24.8 Å². The van der Waals surface area contributed by atoms with Gasteiger partial charge in [-0.15, -0.1) is 0 Å². The van der Waals surface area contributed by atoms with Crippen molar-refractivity contribution in [3.8, 4) is 0 Å². The van der Waals surface area contributed by atoms with Crippen LogP contribution in [0.25, 0.3) is 11.0 Å². The van der Waals surface area contributed by atoms with E-state index in [9.17, 15) is 19.2 Å². The number of aromatic nitrogens is 1. The van der Waals surface area contributed by atoms with Crippen molar-refractivity contribution < 1.29 is 28.3 Å². The second-order valence-corrected chi connectivity index (χ2v) is 11.2. The molecular formula is C32H41N5O6. The van der Waals surface area contributed by atoms with Gasteiger partial charge >= 0.3 is 0 Å². The SMILES string of the molecule is CCN(CCOC)CC(=O)c1cccc2oc(C(=O)Nc3ccc(C)cn3)c(NC(=O)C3CCC(C(=O)N(C)C)CC3)c12. The van der Waals surface area contributed by atoms with Gasteiger partial charge in [-0.2, -0.15) is 0 Å². The van der Waals surface area contributed by atoms with E-state index in [0.29, 0.717) is 67.7 Å². The normalized spacial score (nSPS) is 16.7. The van der Waals surface area contributed by atoms with Crippen molar-refractivity contribution in [2.75, 3.05) is 58.1 Å². The molecule has 2 aromatic heterocycles. The maximum atomic E-state index is 13.6. The summed E-state index contributed by atoms with van der Waals surface area (Å²) < 4.78 is 11.2. The zero-order chi connectivity index (χ0) is 31.1. The van der Waals surface area contributed by atoms with Gasteiger partial charge in [0.05, 0.1) is 18.5 Å². The third kappa shape index (κ3) is 7.66. The zero-order valence-corrected chi connectivity index (χ0v) is 25.6. The first-order valence-electron chi connectivity index (χ1n) is 14.7. The number of nitrogens with zero attached hydrogens (tertiary/aromatic N) is 3. The number of benzene rings is 1. The molecule has 1 aliphatic rings. The van der Waals surface area contributed by atoms with E-state index < -0.39 is 5.91 Å². The van der Waals surface area contributed by atoms with Crippen LogP contribution < -0.4 is 10.6 Å². The number of carbonyl (C=O) groups is 4. The molecule has 230 valence electrons. The fourth-order valence-electron chi connectivity index (χ4n) is 5.43. The molecule has 1 saturated carbocycles. The summed E-state index contributed by atoms with van der Waals surface area (Å²) in [5.41, 5.74) is 1.75. The van der Waals surface area contributed by atoms with Crippen LogP contribution in [0.1, 0.15) is 59.1 Å². The van der Waals surface area contributed by atoms with Crippen molar-refractivity contribution in [1.29, 1.82) is 0 Å². The number of ketones is 1. The summed E-state index contributed by atoms with van der Waals surface area (Å²) in [5.74, 6) is -1.23. The van der Waals surface area contributed by atoms with E-state index in [1.165, 1.54) is 0 Å². The molecule has 11 heteroatoms. The van der Waals surface area contributed by atoms with Crippen LogP contribution in [0.5, 0.6) is 0 Å². The van der Waals surface area contributed by atoms with Crippen LogP contribution in [0, 0.1) is 18.8 Å². The number of hydrogen-bond donors (Lipinski definition) is 2. The van der Waals surface area contributed by atoms with Gasteiger partial charge in [0.25, 0.3) is 5.91 Å². The largest absolute Gasteiger partial charge is 0.449 e. The number of rotatable bonds is 12. The molecule has 43 heavy (non-hydrogen) atoms. The molecule has 0 bridgehead atoms. The monoisotopic (exact) mass is 591 g/mol. The highest BCUT2D eigenvalue weighted by atomic mass is 16.5. The number of nitrogens with one attached hydrogen (secondary N) is 2. The number of hydrogen-bond acceptors (Lipinski definition) is 8. The van der Waals surface area contributed by atoms with Crippen LogP contribution in [0.2, 0.25) is 0 Å². The lowest BCUT2D eigenvalue weighted by atomic mass is 9.81. The van der Waals surface area contributed by atoms with E-state index in [0.717, 1.165) is 5.56 Å². The van der Waals surface area contributed by atoms with Crippen LogP contribution in [0.15, 0.2) is 40.9 Å². The highest BCUT2D eigenvalue weighted by molar-refractivity contribution is 6.20. The van der Waals surface area contributed by atoms with E-state index in [4.69, 9.17) is 9.15 Å². The van der Waals surface area contributed by atoms with Gasteiger partial charge in [0.15, 0.2) is 5.78 Å². The maximum absolute atomic E-state index is 13.6. The minimum Gasteiger partial charge on any atom is -0.449 e. The average molecular weight is 592 g/mol. The predicted molar refractivity (Wildman–Crippen MR) is 164 cm³/mol. The predicted octanol–water partition coefficient (Wildman–Crippen LogP) is 4.37. The average Bonchev–Trinajstić information content (AvgIpc) is 3.38. The highest BCUT2D eigenvalue weighted by Crippen LogP contribution is 2.37. The highest BCUT2D eigenvalue weighted by Gasteiger charge is 2.33. The molecular weight excluding hydrogens is 550 g/mol. The summed E-state index contributed by atoms with van der Waals surface area (Å²) >= 11 is 0. The van der Waals surface area contributed by atoms with Crippen molar-refractivity contribution in [2.45, 2.75) is 39.5 Å². The number of anilines is 2.